The van der Waals surface area contributed by atoms with E-state index in [4.69, 9.17) is 4.74 Å². The average Bonchev–Trinajstić information content (AvgIpc) is 3.17. The number of rotatable bonds is 7. The third-order valence-corrected chi connectivity index (χ3v) is 5.95. The fourth-order valence-corrected chi connectivity index (χ4v) is 4.16. The summed E-state index contributed by atoms with van der Waals surface area (Å²) in [6.45, 7) is 10.1. The van der Waals surface area contributed by atoms with Gasteiger partial charge in [-0.1, -0.05) is 25.1 Å². The summed E-state index contributed by atoms with van der Waals surface area (Å²) in [4.78, 5) is 28.6. The number of ether oxygens (including phenoxy) is 1. The van der Waals surface area contributed by atoms with E-state index in [1.807, 2.05) is 51.1 Å². The first-order chi connectivity index (χ1) is 15.5. The van der Waals surface area contributed by atoms with E-state index in [1.165, 1.54) is 4.68 Å². The number of fused-ring (bicyclic) bond motifs is 1. The first kappa shape index (κ1) is 22.2. The monoisotopic (exact) mass is 438 g/mol. The van der Waals surface area contributed by atoms with E-state index in [1.54, 1.807) is 4.68 Å². The lowest BCUT2D eigenvalue weighted by Crippen LogP contribution is -2.44. The van der Waals surface area contributed by atoms with Crippen molar-refractivity contribution < 1.29 is 9.53 Å². The minimum atomic E-state index is -0.672. The first-order valence-electron chi connectivity index (χ1n) is 11.1. The van der Waals surface area contributed by atoms with Gasteiger partial charge in [0.15, 0.2) is 0 Å². The topological polar surface area (TPSA) is 94.3 Å². The Morgan fingerprint density at radius 2 is 1.88 bits per heavy atom. The summed E-state index contributed by atoms with van der Waals surface area (Å²) in [6, 6.07) is 9.01. The van der Waals surface area contributed by atoms with Crippen LogP contribution >= 0.6 is 0 Å². The molecule has 0 bridgehead atoms. The highest BCUT2D eigenvalue weighted by atomic mass is 16.5. The molecule has 32 heavy (non-hydrogen) atoms. The molecule has 9 nitrogen and oxygen atoms in total. The number of nitrogens with zero attached hydrogens (tertiary/aromatic N) is 5. The van der Waals surface area contributed by atoms with Gasteiger partial charge < -0.3 is 10.1 Å². The van der Waals surface area contributed by atoms with Crippen molar-refractivity contribution in [3.8, 4) is 5.69 Å². The van der Waals surface area contributed by atoms with Gasteiger partial charge in [-0.05, 0) is 32.4 Å². The van der Waals surface area contributed by atoms with Crippen LogP contribution in [0.3, 0.4) is 0 Å². The van der Waals surface area contributed by atoms with Gasteiger partial charge in [0.2, 0.25) is 5.91 Å². The number of morpholine rings is 1. The zero-order chi connectivity index (χ0) is 22.7. The van der Waals surface area contributed by atoms with E-state index in [9.17, 15) is 9.59 Å². The highest BCUT2D eigenvalue weighted by Gasteiger charge is 2.25. The highest BCUT2D eigenvalue weighted by Crippen LogP contribution is 2.21. The van der Waals surface area contributed by atoms with Crippen LogP contribution in [0, 0.1) is 13.8 Å². The number of para-hydroxylation sites is 1. The van der Waals surface area contributed by atoms with E-state index in [-0.39, 0.29) is 11.5 Å². The van der Waals surface area contributed by atoms with Gasteiger partial charge in [0.1, 0.15) is 11.6 Å². The van der Waals surface area contributed by atoms with E-state index >= 15 is 0 Å². The molecule has 1 amide bonds. The molecule has 1 aromatic carbocycles. The average molecular weight is 439 g/mol. The quantitative estimate of drug-likeness (QED) is 0.602. The number of benzene rings is 1. The fourth-order valence-electron chi connectivity index (χ4n) is 4.16. The van der Waals surface area contributed by atoms with Crippen LogP contribution in [0.25, 0.3) is 16.6 Å². The van der Waals surface area contributed by atoms with Crippen LogP contribution in [0.15, 0.2) is 35.1 Å². The molecule has 3 heterocycles. The van der Waals surface area contributed by atoms with Crippen LogP contribution < -0.4 is 10.9 Å². The zero-order valence-corrected chi connectivity index (χ0v) is 18.9. The molecule has 3 aromatic rings. The molecule has 9 heteroatoms. The minimum Gasteiger partial charge on any atom is -0.379 e. The third kappa shape index (κ3) is 4.31. The molecule has 0 aliphatic carbocycles. The van der Waals surface area contributed by atoms with Crippen molar-refractivity contribution in [3.63, 3.8) is 0 Å². The van der Waals surface area contributed by atoms with Gasteiger partial charge in [-0.15, -0.1) is 0 Å². The van der Waals surface area contributed by atoms with Crippen LogP contribution in [-0.2, 0) is 9.53 Å². The van der Waals surface area contributed by atoms with E-state index in [2.05, 4.69) is 20.4 Å². The summed E-state index contributed by atoms with van der Waals surface area (Å²) >= 11 is 0. The molecule has 170 valence electrons. The summed E-state index contributed by atoms with van der Waals surface area (Å²) in [5.74, 6) is -0.192. The van der Waals surface area contributed by atoms with Crippen LogP contribution in [0.5, 0.6) is 0 Å². The van der Waals surface area contributed by atoms with Crippen molar-refractivity contribution in [2.24, 2.45) is 0 Å². The van der Waals surface area contributed by atoms with E-state index in [0.29, 0.717) is 29.6 Å². The van der Waals surface area contributed by atoms with Gasteiger partial charge in [-0.3, -0.25) is 14.5 Å². The van der Waals surface area contributed by atoms with E-state index in [0.717, 1.165) is 44.2 Å². The SMILES string of the molecule is CCC(C(=O)NCCN1CCOCC1)n1nc(C)c2nn(-c3ccccc3)c(C)c2c1=O. The normalized spacial score (nSPS) is 15.7. The molecule has 1 aliphatic heterocycles. The van der Waals surface area contributed by atoms with Gasteiger partial charge >= 0.3 is 0 Å². The number of carbonyl (C=O) groups is 1. The molecule has 0 radical (unpaired) electrons. The van der Waals surface area contributed by atoms with Crippen molar-refractivity contribution in [1.29, 1.82) is 0 Å². The number of aromatic nitrogens is 4. The molecule has 0 saturated carbocycles. The molecular weight excluding hydrogens is 408 g/mol. The van der Waals surface area contributed by atoms with Crippen molar-refractivity contribution >= 4 is 16.8 Å². The lowest BCUT2D eigenvalue weighted by molar-refractivity contribution is -0.124. The van der Waals surface area contributed by atoms with Crippen LogP contribution in [0.1, 0.15) is 30.8 Å². The Labute approximate surface area is 187 Å². The molecular formula is C23H30N6O3. The van der Waals surface area contributed by atoms with Crippen molar-refractivity contribution in [3.05, 3.63) is 52.1 Å². The molecule has 1 aliphatic rings. The predicted octanol–water partition coefficient (Wildman–Crippen LogP) is 1.60. The third-order valence-electron chi connectivity index (χ3n) is 5.95. The number of amides is 1. The first-order valence-corrected chi connectivity index (χ1v) is 11.1. The van der Waals surface area contributed by atoms with Gasteiger partial charge in [0.05, 0.1) is 35.7 Å². The Balaban J connectivity index is 1.60. The fraction of sp³-hybridized carbons (Fsp3) is 0.478. The number of carbonyl (C=O) groups excluding carboxylic acids is 1. The lowest BCUT2D eigenvalue weighted by atomic mass is 10.2. The molecule has 1 fully saturated rings. The summed E-state index contributed by atoms with van der Waals surface area (Å²) in [6.07, 6.45) is 0.465. The standard InChI is InChI=1S/C23H30N6O3/c1-4-19(22(30)24-10-11-27-12-14-32-15-13-27)29-23(31)20-17(3)28(18-8-6-5-7-9-18)26-21(20)16(2)25-29/h5-9,19H,4,10-15H2,1-3H3,(H,24,30). The maximum Gasteiger partial charge on any atom is 0.278 e. The Morgan fingerprint density at radius 1 is 1.16 bits per heavy atom. The molecule has 4 rings (SSSR count). The summed E-state index contributed by atoms with van der Waals surface area (Å²) in [5.41, 5.74) is 2.50. The van der Waals surface area contributed by atoms with E-state index < -0.39 is 6.04 Å². The van der Waals surface area contributed by atoms with Crippen LogP contribution in [0.2, 0.25) is 0 Å². The Bertz CT molecular complexity index is 1150. The molecule has 1 unspecified atom stereocenters. The highest BCUT2D eigenvalue weighted by molar-refractivity contribution is 5.84. The Morgan fingerprint density at radius 3 is 2.56 bits per heavy atom. The summed E-state index contributed by atoms with van der Waals surface area (Å²) in [5, 5.41) is 12.6. The molecule has 0 spiro atoms. The number of hydrogen-bond acceptors (Lipinski definition) is 6. The molecule has 1 N–H and O–H groups in total. The van der Waals surface area contributed by atoms with Gasteiger partial charge in [0, 0.05) is 26.2 Å². The zero-order valence-electron chi connectivity index (χ0n) is 18.9. The van der Waals surface area contributed by atoms with Gasteiger partial charge in [-0.2, -0.15) is 10.2 Å². The lowest BCUT2D eigenvalue weighted by Gasteiger charge is -2.26. The van der Waals surface area contributed by atoms with Crippen molar-refractivity contribution in [2.45, 2.75) is 33.2 Å². The predicted molar refractivity (Wildman–Crippen MR) is 122 cm³/mol. The second-order valence-corrected chi connectivity index (χ2v) is 8.06. The second kappa shape index (κ2) is 9.62. The number of hydrogen-bond donors (Lipinski definition) is 1. The Kier molecular flexibility index (Phi) is 6.66. The Hall–Kier alpha value is -3.04. The van der Waals surface area contributed by atoms with Gasteiger partial charge in [-0.25, -0.2) is 9.36 Å². The second-order valence-electron chi connectivity index (χ2n) is 8.06. The molecule has 1 saturated heterocycles. The maximum absolute atomic E-state index is 13.4. The van der Waals surface area contributed by atoms with Crippen molar-refractivity contribution in [2.75, 3.05) is 39.4 Å². The number of nitrogens with one attached hydrogen (secondary N) is 1. The summed E-state index contributed by atoms with van der Waals surface area (Å²) < 4.78 is 8.44. The minimum absolute atomic E-state index is 0.192. The van der Waals surface area contributed by atoms with Crippen LogP contribution in [0.4, 0.5) is 0 Å². The van der Waals surface area contributed by atoms with Crippen LogP contribution in [-0.4, -0.2) is 69.8 Å². The maximum atomic E-state index is 13.4. The summed E-state index contributed by atoms with van der Waals surface area (Å²) in [7, 11) is 0. The largest absolute Gasteiger partial charge is 0.379 e. The number of aryl methyl sites for hydroxylation is 2. The van der Waals surface area contributed by atoms with Gasteiger partial charge in [0.25, 0.3) is 5.56 Å². The molecule has 2 aromatic heterocycles. The molecule has 1 atom stereocenters. The van der Waals surface area contributed by atoms with Crippen molar-refractivity contribution in [1.82, 2.24) is 29.8 Å². The smallest absolute Gasteiger partial charge is 0.278 e.